The third-order valence-electron chi connectivity index (χ3n) is 4.45. The van der Waals surface area contributed by atoms with Crippen LogP contribution in [0, 0.1) is 0 Å². The van der Waals surface area contributed by atoms with Crippen molar-refractivity contribution in [2.24, 2.45) is 0 Å². The standard InChI is InChI=1S/C20H17N5O3/c1-2-12-6-3-4-9-15(12)25-19-16(22-20(25)28)18(21-11-26)23-17(24-19)13-7-5-8-14(27)10-13/h3-11,27H,2H2,1H3,(H,22,28)(H,21,23,24,26). The Kier molecular flexibility index (Phi) is 4.36. The van der Waals surface area contributed by atoms with Gasteiger partial charge in [-0.05, 0) is 30.2 Å². The molecule has 0 fully saturated rings. The van der Waals surface area contributed by atoms with Crippen LogP contribution in [0.4, 0.5) is 5.82 Å². The Hall–Kier alpha value is -3.94. The number of benzene rings is 2. The molecule has 3 N–H and O–H groups in total. The van der Waals surface area contributed by atoms with Crippen molar-refractivity contribution in [1.29, 1.82) is 0 Å². The summed E-state index contributed by atoms with van der Waals surface area (Å²) in [6.07, 6.45) is 1.23. The topological polar surface area (TPSA) is 113 Å². The number of hydrogen-bond donors (Lipinski definition) is 3. The van der Waals surface area contributed by atoms with Crippen LogP contribution in [-0.4, -0.2) is 31.0 Å². The van der Waals surface area contributed by atoms with Crippen molar-refractivity contribution in [2.45, 2.75) is 13.3 Å². The number of nitrogens with one attached hydrogen (secondary N) is 2. The predicted octanol–water partition coefficient (Wildman–Crippen LogP) is 2.61. The molecule has 8 heteroatoms. The van der Waals surface area contributed by atoms with Crippen LogP contribution in [0.5, 0.6) is 5.75 Å². The second kappa shape index (κ2) is 6.99. The molecular weight excluding hydrogens is 358 g/mol. The van der Waals surface area contributed by atoms with E-state index in [0.717, 1.165) is 12.0 Å². The fraction of sp³-hybridized carbons (Fsp3) is 0.100. The number of anilines is 1. The Balaban J connectivity index is 2.06. The van der Waals surface area contributed by atoms with Crippen LogP contribution >= 0.6 is 0 Å². The third kappa shape index (κ3) is 2.90. The quantitative estimate of drug-likeness (QED) is 0.464. The normalized spacial score (nSPS) is 10.9. The lowest BCUT2D eigenvalue weighted by molar-refractivity contribution is -0.105. The molecule has 0 aliphatic heterocycles. The van der Waals surface area contributed by atoms with E-state index in [-0.39, 0.29) is 23.1 Å². The highest BCUT2D eigenvalue weighted by atomic mass is 16.3. The maximum absolute atomic E-state index is 12.7. The van der Waals surface area contributed by atoms with Gasteiger partial charge < -0.3 is 15.4 Å². The molecule has 0 atom stereocenters. The van der Waals surface area contributed by atoms with Crippen LogP contribution in [0.1, 0.15) is 12.5 Å². The molecule has 0 aliphatic rings. The van der Waals surface area contributed by atoms with E-state index < -0.39 is 0 Å². The molecule has 2 aromatic carbocycles. The summed E-state index contributed by atoms with van der Waals surface area (Å²) in [5, 5.41) is 12.3. The fourth-order valence-electron chi connectivity index (χ4n) is 3.17. The molecule has 1 amide bonds. The lowest BCUT2D eigenvalue weighted by Gasteiger charge is -2.10. The van der Waals surface area contributed by atoms with Crippen molar-refractivity contribution in [2.75, 3.05) is 5.32 Å². The Labute approximate surface area is 159 Å². The van der Waals surface area contributed by atoms with Gasteiger partial charge in [-0.2, -0.15) is 0 Å². The first-order valence-electron chi connectivity index (χ1n) is 8.73. The molecule has 0 saturated heterocycles. The average molecular weight is 375 g/mol. The number of carbonyl (C=O) groups excluding carboxylic acids is 1. The second-order valence-electron chi connectivity index (χ2n) is 6.15. The minimum atomic E-state index is -0.382. The van der Waals surface area contributed by atoms with Gasteiger partial charge in [0, 0.05) is 5.56 Å². The molecule has 0 aliphatic carbocycles. The summed E-state index contributed by atoms with van der Waals surface area (Å²) in [7, 11) is 0. The van der Waals surface area contributed by atoms with Crippen molar-refractivity contribution in [3.63, 3.8) is 0 Å². The molecule has 0 radical (unpaired) electrons. The number of amides is 1. The maximum atomic E-state index is 12.7. The van der Waals surface area contributed by atoms with Crippen molar-refractivity contribution in [3.8, 4) is 22.8 Å². The molecule has 2 aromatic heterocycles. The number of phenolic OH excluding ortho intramolecular Hbond substituents is 1. The number of carbonyl (C=O) groups is 1. The van der Waals surface area contributed by atoms with E-state index >= 15 is 0 Å². The molecule has 0 unspecified atom stereocenters. The number of rotatable bonds is 5. The monoisotopic (exact) mass is 375 g/mol. The Morgan fingerprint density at radius 1 is 1.18 bits per heavy atom. The summed E-state index contributed by atoms with van der Waals surface area (Å²) >= 11 is 0. The highest BCUT2D eigenvalue weighted by Crippen LogP contribution is 2.27. The van der Waals surface area contributed by atoms with Crippen LogP contribution < -0.4 is 11.0 Å². The molecule has 0 saturated carbocycles. The minimum Gasteiger partial charge on any atom is -0.508 e. The van der Waals surface area contributed by atoms with E-state index in [9.17, 15) is 14.7 Å². The summed E-state index contributed by atoms with van der Waals surface area (Å²) in [5.74, 6) is 0.520. The first-order chi connectivity index (χ1) is 13.6. The Morgan fingerprint density at radius 2 is 2.00 bits per heavy atom. The molecule has 140 valence electrons. The fourth-order valence-corrected chi connectivity index (χ4v) is 3.17. The van der Waals surface area contributed by atoms with Gasteiger partial charge in [-0.15, -0.1) is 0 Å². The zero-order chi connectivity index (χ0) is 19.7. The van der Waals surface area contributed by atoms with E-state index in [4.69, 9.17) is 0 Å². The molecule has 4 rings (SSSR count). The van der Waals surface area contributed by atoms with Gasteiger partial charge in [-0.25, -0.2) is 19.3 Å². The van der Waals surface area contributed by atoms with E-state index in [0.29, 0.717) is 28.8 Å². The van der Waals surface area contributed by atoms with Gasteiger partial charge in [0.15, 0.2) is 17.3 Å². The highest BCUT2D eigenvalue weighted by Gasteiger charge is 2.18. The van der Waals surface area contributed by atoms with Crippen molar-refractivity contribution in [1.82, 2.24) is 19.5 Å². The highest BCUT2D eigenvalue weighted by molar-refractivity contribution is 5.90. The van der Waals surface area contributed by atoms with Crippen LogP contribution in [0.3, 0.4) is 0 Å². The largest absolute Gasteiger partial charge is 0.508 e. The first-order valence-corrected chi connectivity index (χ1v) is 8.73. The number of para-hydroxylation sites is 1. The van der Waals surface area contributed by atoms with Gasteiger partial charge in [0.2, 0.25) is 6.41 Å². The summed E-state index contributed by atoms with van der Waals surface area (Å²) in [6.45, 7) is 2.01. The predicted molar refractivity (Wildman–Crippen MR) is 106 cm³/mol. The van der Waals surface area contributed by atoms with E-state index in [1.54, 1.807) is 12.1 Å². The zero-order valence-corrected chi connectivity index (χ0v) is 15.0. The lowest BCUT2D eigenvalue weighted by Crippen LogP contribution is -2.16. The number of hydrogen-bond acceptors (Lipinski definition) is 5. The lowest BCUT2D eigenvalue weighted by atomic mass is 10.1. The van der Waals surface area contributed by atoms with Crippen LogP contribution in [0.15, 0.2) is 53.3 Å². The second-order valence-corrected chi connectivity index (χ2v) is 6.15. The number of aromatic nitrogens is 4. The van der Waals surface area contributed by atoms with Gasteiger partial charge in [0.25, 0.3) is 0 Å². The van der Waals surface area contributed by atoms with Crippen LogP contribution in [0.2, 0.25) is 0 Å². The number of nitrogens with zero attached hydrogens (tertiary/aromatic N) is 3. The van der Waals surface area contributed by atoms with Crippen molar-refractivity contribution >= 4 is 23.4 Å². The van der Waals surface area contributed by atoms with Crippen LogP contribution in [0.25, 0.3) is 28.2 Å². The van der Waals surface area contributed by atoms with E-state index in [1.165, 1.54) is 16.7 Å². The summed E-state index contributed by atoms with van der Waals surface area (Å²) < 4.78 is 1.47. The SMILES string of the molecule is CCc1ccccc1-n1c(=O)[nH]c2c(NC=O)nc(-c3cccc(O)c3)nc21. The van der Waals surface area contributed by atoms with Gasteiger partial charge >= 0.3 is 5.69 Å². The Morgan fingerprint density at radius 3 is 2.75 bits per heavy atom. The molecule has 28 heavy (non-hydrogen) atoms. The number of imidazole rings is 1. The van der Waals surface area contributed by atoms with Crippen LogP contribution in [-0.2, 0) is 11.2 Å². The van der Waals surface area contributed by atoms with Gasteiger partial charge in [-0.1, -0.05) is 37.3 Å². The van der Waals surface area contributed by atoms with Crippen molar-refractivity contribution in [3.05, 3.63) is 64.6 Å². The third-order valence-corrected chi connectivity index (χ3v) is 4.45. The summed E-state index contributed by atoms with van der Waals surface area (Å²) in [6, 6.07) is 14.0. The number of phenols is 1. The molecule has 2 heterocycles. The number of aromatic hydroxyl groups is 1. The van der Waals surface area contributed by atoms with Gasteiger partial charge in [0.05, 0.1) is 5.69 Å². The summed E-state index contributed by atoms with van der Waals surface area (Å²) in [4.78, 5) is 35.5. The number of aryl methyl sites for hydroxylation is 1. The summed E-state index contributed by atoms with van der Waals surface area (Å²) in [5.41, 5.74) is 2.52. The number of H-pyrrole nitrogens is 1. The molecular formula is C20H17N5O3. The van der Waals surface area contributed by atoms with Crippen molar-refractivity contribution < 1.29 is 9.90 Å². The van der Waals surface area contributed by atoms with E-state index in [2.05, 4.69) is 20.3 Å². The van der Waals surface area contributed by atoms with Gasteiger partial charge in [-0.3, -0.25) is 4.79 Å². The smallest absolute Gasteiger partial charge is 0.332 e. The number of fused-ring (bicyclic) bond motifs is 1. The Bertz CT molecular complexity index is 1240. The molecule has 8 nitrogen and oxygen atoms in total. The minimum absolute atomic E-state index is 0.0638. The first kappa shape index (κ1) is 17.5. The molecule has 0 bridgehead atoms. The number of aromatic amines is 1. The maximum Gasteiger partial charge on any atom is 0.332 e. The van der Waals surface area contributed by atoms with E-state index in [1.807, 2.05) is 31.2 Å². The van der Waals surface area contributed by atoms with Gasteiger partial charge in [0.1, 0.15) is 11.3 Å². The molecule has 4 aromatic rings. The zero-order valence-electron chi connectivity index (χ0n) is 15.0. The average Bonchev–Trinajstić information content (AvgIpc) is 3.04. The molecule has 0 spiro atoms.